The molecule has 0 radical (unpaired) electrons. The Labute approximate surface area is 97.9 Å². The van der Waals surface area contributed by atoms with Crippen LogP contribution in [0.15, 0.2) is 42.5 Å². The first-order valence-corrected chi connectivity index (χ1v) is 5.35. The van der Waals surface area contributed by atoms with Crippen molar-refractivity contribution in [2.45, 2.75) is 6.10 Å². The zero-order valence-corrected chi connectivity index (χ0v) is 8.96. The van der Waals surface area contributed by atoms with Crippen molar-refractivity contribution in [2.75, 3.05) is 0 Å². The Hall–Kier alpha value is -1.97. The Bertz CT molecular complexity index is 628. The molecule has 0 aromatic heterocycles. The Morgan fingerprint density at radius 3 is 2.53 bits per heavy atom. The van der Waals surface area contributed by atoms with Gasteiger partial charge in [-0.15, -0.1) is 0 Å². The van der Waals surface area contributed by atoms with Gasteiger partial charge in [0.15, 0.2) is 11.9 Å². The normalized spacial score (nSPS) is 18.4. The number of hydrogen-bond donors (Lipinski definition) is 1. The predicted octanol–water partition coefficient (Wildman–Crippen LogP) is 2.91. The average Bonchev–Trinajstić information content (AvgIpc) is 2.37. The second-order valence-corrected chi connectivity index (χ2v) is 4.04. The Kier molecular flexibility index (Phi) is 2.28. The molecule has 0 saturated heterocycles. The molecule has 2 aromatic carbocycles. The van der Waals surface area contributed by atoms with Crippen molar-refractivity contribution < 1.29 is 14.9 Å². The highest BCUT2D eigenvalue weighted by Gasteiger charge is 2.24. The molecule has 0 fully saturated rings. The molecule has 0 heterocycles. The van der Waals surface area contributed by atoms with Crippen LogP contribution in [0.4, 0.5) is 0 Å². The summed E-state index contributed by atoms with van der Waals surface area (Å²) >= 11 is 0. The lowest BCUT2D eigenvalue weighted by Crippen LogP contribution is -2.24. The molecule has 3 rings (SSSR count). The van der Waals surface area contributed by atoms with Gasteiger partial charge in [0.05, 0.1) is 0 Å². The van der Waals surface area contributed by atoms with E-state index in [1.807, 2.05) is 36.4 Å². The molecular weight excluding hydrogens is 216 g/mol. The number of carbonyl (C=O) groups excluding carboxylic acids is 1. The van der Waals surface area contributed by atoms with Gasteiger partial charge in [0.25, 0.3) is 0 Å². The van der Waals surface area contributed by atoms with Crippen molar-refractivity contribution in [2.24, 2.45) is 0 Å². The summed E-state index contributed by atoms with van der Waals surface area (Å²) in [5.41, 5.74) is 1.45. The molecule has 1 aliphatic rings. The zero-order valence-electron chi connectivity index (χ0n) is 8.96. The van der Waals surface area contributed by atoms with Crippen LogP contribution in [0.3, 0.4) is 0 Å². The third-order valence-electron chi connectivity index (χ3n) is 3.01. The summed E-state index contributed by atoms with van der Waals surface area (Å²) in [6, 6.07) is 11.6. The fourth-order valence-corrected chi connectivity index (χ4v) is 2.12. The van der Waals surface area contributed by atoms with E-state index in [2.05, 4.69) is 4.89 Å². The van der Waals surface area contributed by atoms with Gasteiger partial charge in [-0.2, -0.15) is 0 Å². The minimum absolute atomic E-state index is 0.212. The van der Waals surface area contributed by atoms with Crippen LogP contribution < -0.4 is 0 Å². The monoisotopic (exact) mass is 226 g/mol. The average molecular weight is 226 g/mol. The van der Waals surface area contributed by atoms with Gasteiger partial charge in [-0.25, -0.2) is 4.89 Å². The fourth-order valence-electron chi connectivity index (χ4n) is 2.12. The van der Waals surface area contributed by atoms with Crippen LogP contribution >= 0.6 is 0 Å². The molecule has 0 amide bonds. The van der Waals surface area contributed by atoms with Gasteiger partial charge >= 0.3 is 0 Å². The van der Waals surface area contributed by atoms with Gasteiger partial charge in [0.2, 0.25) is 0 Å². The lowest BCUT2D eigenvalue weighted by molar-refractivity contribution is -0.252. The minimum atomic E-state index is -0.885. The largest absolute Gasteiger partial charge is 0.291 e. The van der Waals surface area contributed by atoms with Crippen LogP contribution in [-0.2, 0) is 4.89 Å². The number of hydrogen-bond acceptors (Lipinski definition) is 3. The standard InChI is InChI=1S/C14H10O3/c15-14-12-8-10-4-2-1-3-9(10)7-11(12)5-6-13(14)17-16/h1-8,13,16H. The summed E-state index contributed by atoms with van der Waals surface area (Å²) in [5, 5.41) is 10.7. The van der Waals surface area contributed by atoms with Gasteiger partial charge in [0, 0.05) is 5.56 Å². The quantitative estimate of drug-likeness (QED) is 0.600. The molecule has 0 bridgehead atoms. The van der Waals surface area contributed by atoms with Gasteiger partial charge in [-0.05, 0) is 34.5 Å². The minimum Gasteiger partial charge on any atom is -0.291 e. The fraction of sp³-hybridized carbons (Fsp3) is 0.0714. The first-order chi connectivity index (χ1) is 8.29. The van der Waals surface area contributed by atoms with Gasteiger partial charge in [-0.3, -0.25) is 10.1 Å². The van der Waals surface area contributed by atoms with Crippen LogP contribution in [0.1, 0.15) is 15.9 Å². The first-order valence-electron chi connectivity index (χ1n) is 5.35. The van der Waals surface area contributed by atoms with E-state index in [1.165, 1.54) is 0 Å². The number of rotatable bonds is 1. The van der Waals surface area contributed by atoms with Crippen molar-refractivity contribution in [1.29, 1.82) is 0 Å². The lowest BCUT2D eigenvalue weighted by Gasteiger charge is -2.16. The maximum Gasteiger partial charge on any atom is 0.199 e. The van der Waals surface area contributed by atoms with Crippen LogP contribution in [0.5, 0.6) is 0 Å². The number of Topliss-reactive ketones (excluding diaryl/α,β-unsaturated/α-hetero) is 1. The predicted molar refractivity (Wildman–Crippen MR) is 64.8 cm³/mol. The van der Waals surface area contributed by atoms with Crippen molar-refractivity contribution in [3.8, 4) is 0 Å². The second-order valence-electron chi connectivity index (χ2n) is 4.04. The van der Waals surface area contributed by atoms with E-state index >= 15 is 0 Å². The SMILES string of the molecule is O=C1c2cc3ccccc3cc2C=CC1OO. The van der Waals surface area contributed by atoms with Crippen LogP contribution in [0, 0.1) is 0 Å². The summed E-state index contributed by atoms with van der Waals surface area (Å²) in [6.45, 7) is 0. The molecule has 3 heteroatoms. The number of fused-ring (bicyclic) bond motifs is 2. The van der Waals surface area contributed by atoms with E-state index in [4.69, 9.17) is 5.26 Å². The molecule has 2 aromatic rings. The maximum absolute atomic E-state index is 12.0. The molecule has 0 saturated carbocycles. The smallest absolute Gasteiger partial charge is 0.199 e. The summed E-state index contributed by atoms with van der Waals surface area (Å²) in [7, 11) is 0. The van der Waals surface area contributed by atoms with Gasteiger partial charge in [0.1, 0.15) is 0 Å². The van der Waals surface area contributed by atoms with E-state index in [-0.39, 0.29) is 5.78 Å². The molecule has 0 aliphatic heterocycles. The van der Waals surface area contributed by atoms with Crippen molar-refractivity contribution in [1.82, 2.24) is 0 Å². The van der Waals surface area contributed by atoms with Crippen molar-refractivity contribution in [3.05, 3.63) is 53.6 Å². The molecule has 84 valence electrons. The summed E-state index contributed by atoms with van der Waals surface area (Å²) in [5.74, 6) is -0.212. The van der Waals surface area contributed by atoms with Crippen molar-refractivity contribution >= 4 is 22.6 Å². The molecule has 0 spiro atoms. The molecule has 1 atom stereocenters. The van der Waals surface area contributed by atoms with E-state index in [1.54, 1.807) is 12.2 Å². The lowest BCUT2D eigenvalue weighted by atomic mass is 9.91. The first kappa shape index (κ1) is 10.2. The van der Waals surface area contributed by atoms with E-state index in [0.717, 1.165) is 16.3 Å². The third-order valence-corrected chi connectivity index (χ3v) is 3.01. The van der Waals surface area contributed by atoms with Gasteiger partial charge < -0.3 is 0 Å². The van der Waals surface area contributed by atoms with Crippen LogP contribution in [0.2, 0.25) is 0 Å². The number of benzene rings is 2. The van der Waals surface area contributed by atoms with Crippen LogP contribution in [-0.4, -0.2) is 17.1 Å². The highest BCUT2D eigenvalue weighted by molar-refractivity contribution is 6.08. The molecule has 1 aliphatic carbocycles. The summed E-state index contributed by atoms with van der Waals surface area (Å²) < 4.78 is 0. The van der Waals surface area contributed by atoms with Gasteiger partial charge in [-0.1, -0.05) is 30.3 Å². The molecular formula is C14H10O3. The summed E-state index contributed by atoms with van der Waals surface area (Å²) in [6.07, 6.45) is 2.47. The molecule has 3 nitrogen and oxygen atoms in total. The summed E-state index contributed by atoms with van der Waals surface area (Å²) in [4.78, 5) is 16.1. The van der Waals surface area contributed by atoms with Crippen molar-refractivity contribution in [3.63, 3.8) is 0 Å². The Morgan fingerprint density at radius 1 is 1.12 bits per heavy atom. The van der Waals surface area contributed by atoms with E-state index in [9.17, 15) is 4.79 Å². The highest BCUT2D eigenvalue weighted by atomic mass is 17.1. The second kappa shape index (κ2) is 3.80. The highest BCUT2D eigenvalue weighted by Crippen LogP contribution is 2.26. The zero-order chi connectivity index (χ0) is 11.8. The number of carbonyl (C=O) groups is 1. The van der Waals surface area contributed by atoms with Crippen LogP contribution in [0.25, 0.3) is 16.8 Å². The Balaban J connectivity index is 2.24. The molecule has 17 heavy (non-hydrogen) atoms. The molecule has 1 unspecified atom stereocenters. The van der Waals surface area contributed by atoms with E-state index in [0.29, 0.717) is 5.56 Å². The number of ketones is 1. The maximum atomic E-state index is 12.0. The topological polar surface area (TPSA) is 46.5 Å². The third kappa shape index (κ3) is 1.56. The van der Waals surface area contributed by atoms with E-state index < -0.39 is 6.10 Å². The Morgan fingerprint density at radius 2 is 1.82 bits per heavy atom. The molecule has 1 N–H and O–H groups in total.